The molecule has 0 bridgehead atoms. The summed E-state index contributed by atoms with van der Waals surface area (Å²) in [5.41, 5.74) is 0. The molecule has 0 saturated carbocycles. The molecule has 0 unspecified atom stereocenters. The molecule has 2 aromatic carbocycles. The number of aromatic nitrogens is 1. The molecular weight excluding hydrogens is 558 g/mol. The van der Waals surface area contributed by atoms with Crippen LogP contribution in [0.5, 0.6) is 5.75 Å². The largest absolute Gasteiger partial charge is 0.497 e. The molecule has 5 rings (SSSR count). The number of ether oxygens (including phenoxy) is 1. The summed E-state index contributed by atoms with van der Waals surface area (Å²) in [4.78, 5) is 6.95. The molecule has 0 spiro atoms. The molecule has 1 saturated heterocycles. The smallest absolute Gasteiger partial charge is 0.243 e. The number of benzene rings is 2. The second-order valence-electron chi connectivity index (χ2n) is 8.13. The number of piperazine rings is 1. The molecule has 0 amide bonds. The zero-order chi connectivity index (χ0) is 26.2. The van der Waals surface area contributed by atoms with Gasteiger partial charge in [0.15, 0.2) is 0 Å². The van der Waals surface area contributed by atoms with Crippen molar-refractivity contribution in [1.29, 1.82) is 0 Å². The third-order valence-electron chi connectivity index (χ3n) is 5.91. The maximum absolute atomic E-state index is 13.5. The Kier molecular flexibility index (Phi) is 7.03. The average Bonchev–Trinajstić information content (AvgIpc) is 3.60. The van der Waals surface area contributed by atoms with Gasteiger partial charge in [0.05, 0.1) is 21.8 Å². The SMILES string of the molecule is COc1ccc(S(=O)(=O)N2CCN(c3oc(-c4cccs4)nc3S(=O)(=O)c3ccc(Cl)cc3)CC2)cc1. The van der Waals surface area contributed by atoms with E-state index in [9.17, 15) is 16.8 Å². The van der Waals surface area contributed by atoms with Gasteiger partial charge >= 0.3 is 0 Å². The van der Waals surface area contributed by atoms with Crippen LogP contribution in [0.2, 0.25) is 5.02 Å². The van der Waals surface area contributed by atoms with Crippen molar-refractivity contribution in [1.82, 2.24) is 9.29 Å². The molecule has 2 aromatic heterocycles. The number of rotatable bonds is 7. The highest BCUT2D eigenvalue weighted by molar-refractivity contribution is 7.91. The number of sulfone groups is 1. The number of thiophene rings is 1. The Morgan fingerprint density at radius 1 is 0.919 bits per heavy atom. The standard InChI is InChI=1S/C24H22ClN3O6S3/c1-33-18-6-10-20(11-7-18)37(31,32)28-14-12-27(13-15-28)24-23(26-22(34-24)21-3-2-16-35-21)36(29,30)19-8-4-17(25)5-9-19/h2-11,16H,12-15H2,1H3. The number of oxazole rings is 1. The van der Waals surface area contributed by atoms with E-state index in [4.69, 9.17) is 20.8 Å². The third kappa shape index (κ3) is 4.99. The summed E-state index contributed by atoms with van der Waals surface area (Å²) in [7, 11) is -6.26. The second-order valence-corrected chi connectivity index (χ2v) is 13.3. The summed E-state index contributed by atoms with van der Waals surface area (Å²) in [6.07, 6.45) is 0. The monoisotopic (exact) mass is 579 g/mol. The maximum Gasteiger partial charge on any atom is 0.243 e. The van der Waals surface area contributed by atoms with Crippen LogP contribution < -0.4 is 9.64 Å². The van der Waals surface area contributed by atoms with E-state index < -0.39 is 19.9 Å². The van der Waals surface area contributed by atoms with Crippen LogP contribution in [0.15, 0.2) is 85.3 Å². The van der Waals surface area contributed by atoms with E-state index >= 15 is 0 Å². The van der Waals surface area contributed by atoms with Gasteiger partial charge in [-0.1, -0.05) is 17.7 Å². The summed E-state index contributed by atoms with van der Waals surface area (Å²) in [5, 5.41) is 2.03. The van der Waals surface area contributed by atoms with Gasteiger partial charge in [-0.15, -0.1) is 11.3 Å². The quantitative estimate of drug-likeness (QED) is 0.317. The Labute approximate surface area is 223 Å². The van der Waals surface area contributed by atoms with E-state index in [-0.39, 0.29) is 52.8 Å². The molecule has 1 fully saturated rings. The first-order valence-electron chi connectivity index (χ1n) is 11.1. The van der Waals surface area contributed by atoms with Crippen molar-refractivity contribution in [2.24, 2.45) is 0 Å². The van der Waals surface area contributed by atoms with Crippen molar-refractivity contribution in [2.45, 2.75) is 14.8 Å². The number of hydrogen-bond donors (Lipinski definition) is 0. The number of methoxy groups -OCH3 is 1. The lowest BCUT2D eigenvalue weighted by Crippen LogP contribution is -2.48. The van der Waals surface area contributed by atoms with Crippen molar-refractivity contribution in [3.63, 3.8) is 0 Å². The van der Waals surface area contributed by atoms with Gasteiger partial charge in [0, 0.05) is 31.2 Å². The Bertz CT molecular complexity index is 1590. The lowest BCUT2D eigenvalue weighted by Gasteiger charge is -2.34. The van der Waals surface area contributed by atoms with Crippen molar-refractivity contribution in [3.8, 4) is 16.5 Å². The van der Waals surface area contributed by atoms with Crippen LogP contribution >= 0.6 is 22.9 Å². The molecule has 13 heteroatoms. The summed E-state index contributed by atoms with van der Waals surface area (Å²) >= 11 is 7.32. The molecule has 0 N–H and O–H groups in total. The molecule has 0 atom stereocenters. The molecule has 1 aliphatic heterocycles. The van der Waals surface area contributed by atoms with E-state index in [0.29, 0.717) is 15.6 Å². The van der Waals surface area contributed by atoms with E-state index in [1.807, 2.05) is 11.4 Å². The van der Waals surface area contributed by atoms with Crippen LogP contribution in [-0.4, -0.2) is 59.4 Å². The predicted octanol–water partition coefficient (Wildman–Crippen LogP) is 4.41. The van der Waals surface area contributed by atoms with Gasteiger partial charge in [-0.3, -0.25) is 0 Å². The number of nitrogens with zero attached hydrogens (tertiary/aromatic N) is 3. The van der Waals surface area contributed by atoms with Gasteiger partial charge < -0.3 is 14.1 Å². The Morgan fingerprint density at radius 2 is 1.57 bits per heavy atom. The van der Waals surface area contributed by atoms with E-state index in [0.717, 1.165) is 0 Å². The highest BCUT2D eigenvalue weighted by Gasteiger charge is 2.35. The van der Waals surface area contributed by atoms with Crippen molar-refractivity contribution >= 4 is 48.7 Å². The number of sulfonamides is 1. The van der Waals surface area contributed by atoms with Gasteiger partial charge in [0.25, 0.3) is 0 Å². The number of halogens is 1. The van der Waals surface area contributed by atoms with Gasteiger partial charge in [-0.25, -0.2) is 16.8 Å². The topological polar surface area (TPSA) is 110 Å². The molecule has 1 aliphatic rings. The normalized spacial score (nSPS) is 15.1. The average molecular weight is 580 g/mol. The molecule has 3 heterocycles. The minimum absolute atomic E-state index is 0.0323. The Hall–Kier alpha value is -2.90. The zero-order valence-electron chi connectivity index (χ0n) is 19.6. The first-order chi connectivity index (χ1) is 17.7. The van der Waals surface area contributed by atoms with Crippen LogP contribution in [0.4, 0.5) is 5.88 Å². The molecule has 0 aliphatic carbocycles. The minimum Gasteiger partial charge on any atom is -0.497 e. The van der Waals surface area contributed by atoms with Crippen LogP contribution in [0.3, 0.4) is 0 Å². The molecule has 0 radical (unpaired) electrons. The second kappa shape index (κ2) is 10.1. The van der Waals surface area contributed by atoms with Gasteiger partial charge in [-0.05, 0) is 60.0 Å². The summed E-state index contributed by atoms with van der Waals surface area (Å²) < 4.78 is 65.9. The molecule has 194 valence electrons. The summed E-state index contributed by atoms with van der Waals surface area (Å²) in [5.74, 6) is 0.829. The van der Waals surface area contributed by atoms with Gasteiger partial charge in [-0.2, -0.15) is 9.29 Å². The Morgan fingerprint density at radius 3 is 2.16 bits per heavy atom. The molecular formula is C24H22ClN3O6S3. The molecule has 4 aromatic rings. The summed E-state index contributed by atoms with van der Waals surface area (Å²) in [6.45, 7) is 0.725. The van der Waals surface area contributed by atoms with Crippen LogP contribution in [-0.2, 0) is 19.9 Å². The first kappa shape index (κ1) is 25.7. The lowest BCUT2D eigenvalue weighted by atomic mass is 10.3. The van der Waals surface area contributed by atoms with Crippen LogP contribution in [0.25, 0.3) is 10.8 Å². The van der Waals surface area contributed by atoms with E-state index in [1.54, 1.807) is 23.1 Å². The van der Waals surface area contributed by atoms with Crippen molar-refractivity contribution < 1.29 is 26.0 Å². The summed E-state index contributed by atoms with van der Waals surface area (Å²) in [6, 6.07) is 15.6. The maximum atomic E-state index is 13.5. The highest BCUT2D eigenvalue weighted by Crippen LogP contribution is 2.37. The van der Waals surface area contributed by atoms with Crippen LogP contribution in [0.1, 0.15) is 0 Å². The third-order valence-corrected chi connectivity index (χ3v) is 10.6. The molecule has 37 heavy (non-hydrogen) atoms. The fourth-order valence-corrected chi connectivity index (χ4v) is 7.45. The minimum atomic E-state index is -4.04. The molecule has 9 nitrogen and oxygen atoms in total. The van der Waals surface area contributed by atoms with Gasteiger partial charge in [0.2, 0.25) is 36.7 Å². The van der Waals surface area contributed by atoms with E-state index in [2.05, 4.69) is 4.98 Å². The highest BCUT2D eigenvalue weighted by atomic mass is 35.5. The zero-order valence-corrected chi connectivity index (χ0v) is 22.8. The van der Waals surface area contributed by atoms with Gasteiger partial charge in [0.1, 0.15) is 5.75 Å². The lowest BCUT2D eigenvalue weighted by molar-refractivity contribution is 0.373. The predicted molar refractivity (Wildman–Crippen MR) is 141 cm³/mol. The first-order valence-corrected chi connectivity index (χ1v) is 15.3. The van der Waals surface area contributed by atoms with E-state index in [1.165, 1.54) is 59.2 Å². The fourth-order valence-electron chi connectivity index (χ4n) is 3.93. The number of anilines is 1. The van der Waals surface area contributed by atoms with Crippen molar-refractivity contribution in [3.05, 3.63) is 71.1 Å². The van der Waals surface area contributed by atoms with Crippen LogP contribution in [0, 0.1) is 0 Å². The number of hydrogen-bond acceptors (Lipinski definition) is 9. The van der Waals surface area contributed by atoms with Crippen molar-refractivity contribution in [2.75, 3.05) is 38.2 Å². The fraction of sp³-hybridized carbons (Fsp3) is 0.208. The Balaban J connectivity index is 1.44.